The Balaban J connectivity index is 1.65. The second-order valence-electron chi connectivity index (χ2n) is 5.67. The molecule has 0 fully saturated rings. The molecule has 2 aromatic heterocycles. The van der Waals surface area contributed by atoms with Crippen LogP contribution in [0.4, 0.5) is 0 Å². The van der Waals surface area contributed by atoms with Crippen LogP contribution in [0.15, 0.2) is 56.5 Å². The predicted molar refractivity (Wildman–Crippen MR) is 96.9 cm³/mol. The van der Waals surface area contributed by atoms with Crippen molar-refractivity contribution in [3.8, 4) is 0 Å². The second kappa shape index (κ2) is 6.99. The lowest BCUT2D eigenvalue weighted by Crippen LogP contribution is -2.39. The third-order valence-corrected chi connectivity index (χ3v) is 6.95. The Morgan fingerprint density at radius 1 is 1.28 bits per heavy atom. The quantitative estimate of drug-likeness (QED) is 0.715. The third-order valence-electron chi connectivity index (χ3n) is 3.77. The highest BCUT2D eigenvalue weighted by Gasteiger charge is 2.24. The number of thiophene rings is 1. The maximum absolute atomic E-state index is 12.3. The summed E-state index contributed by atoms with van der Waals surface area (Å²) in [5, 5.41) is 5.41. The van der Waals surface area contributed by atoms with Crippen LogP contribution < -0.4 is 5.32 Å². The molecule has 0 unspecified atom stereocenters. The molecule has 3 rings (SSSR count). The van der Waals surface area contributed by atoms with Gasteiger partial charge in [0, 0.05) is 12.4 Å². The SMILES string of the molecule is C[C@H](NC(=O)CN(C)S(=O)(=O)c1cccs1)c1cc2ccccc2o1. The van der Waals surface area contributed by atoms with E-state index in [4.69, 9.17) is 4.42 Å². The normalized spacial score (nSPS) is 13.2. The van der Waals surface area contributed by atoms with Crippen LogP contribution in [0.5, 0.6) is 0 Å². The van der Waals surface area contributed by atoms with Gasteiger partial charge in [-0.25, -0.2) is 8.42 Å². The lowest BCUT2D eigenvalue weighted by molar-refractivity contribution is -0.121. The molecule has 6 nitrogen and oxygen atoms in total. The van der Waals surface area contributed by atoms with Gasteiger partial charge in [-0.15, -0.1) is 11.3 Å². The van der Waals surface area contributed by atoms with E-state index < -0.39 is 15.9 Å². The number of amides is 1. The van der Waals surface area contributed by atoms with Gasteiger partial charge in [-0.1, -0.05) is 24.3 Å². The van der Waals surface area contributed by atoms with Crippen LogP contribution >= 0.6 is 11.3 Å². The van der Waals surface area contributed by atoms with E-state index in [-0.39, 0.29) is 16.8 Å². The molecule has 0 aliphatic carbocycles. The molecule has 0 radical (unpaired) electrons. The molecule has 0 bridgehead atoms. The molecule has 2 heterocycles. The summed E-state index contributed by atoms with van der Waals surface area (Å²) in [5.74, 6) is 0.230. The minimum absolute atomic E-state index is 0.216. The molecular formula is C17H18N2O4S2. The predicted octanol–water partition coefficient (Wildman–Crippen LogP) is 2.99. The van der Waals surface area contributed by atoms with E-state index in [0.29, 0.717) is 5.76 Å². The molecule has 1 aromatic carbocycles. The minimum Gasteiger partial charge on any atom is -0.459 e. The highest BCUT2D eigenvalue weighted by molar-refractivity contribution is 7.91. The van der Waals surface area contributed by atoms with Crippen LogP contribution in [0.1, 0.15) is 18.7 Å². The van der Waals surface area contributed by atoms with Gasteiger partial charge in [0.15, 0.2) is 0 Å². The van der Waals surface area contributed by atoms with Crippen molar-refractivity contribution in [2.75, 3.05) is 13.6 Å². The van der Waals surface area contributed by atoms with Gasteiger partial charge in [0.1, 0.15) is 15.6 Å². The average molecular weight is 378 g/mol. The largest absolute Gasteiger partial charge is 0.459 e. The maximum Gasteiger partial charge on any atom is 0.252 e. The zero-order valence-electron chi connectivity index (χ0n) is 13.8. The number of carbonyl (C=O) groups excluding carboxylic acids is 1. The molecule has 1 N–H and O–H groups in total. The zero-order valence-corrected chi connectivity index (χ0v) is 15.4. The molecule has 0 saturated heterocycles. The summed E-state index contributed by atoms with van der Waals surface area (Å²) in [6.45, 7) is 1.54. The highest BCUT2D eigenvalue weighted by Crippen LogP contribution is 2.24. The molecule has 1 amide bonds. The Hall–Kier alpha value is -2.16. The van der Waals surface area contributed by atoms with E-state index in [0.717, 1.165) is 26.6 Å². The Morgan fingerprint density at radius 2 is 2.04 bits per heavy atom. The minimum atomic E-state index is -3.64. The number of fused-ring (bicyclic) bond motifs is 1. The number of carbonyl (C=O) groups is 1. The fourth-order valence-electron chi connectivity index (χ4n) is 2.43. The van der Waals surface area contributed by atoms with E-state index in [1.165, 1.54) is 13.1 Å². The van der Waals surface area contributed by atoms with Crippen molar-refractivity contribution in [3.63, 3.8) is 0 Å². The monoisotopic (exact) mass is 378 g/mol. The van der Waals surface area contributed by atoms with Crippen LogP contribution in [-0.2, 0) is 14.8 Å². The smallest absolute Gasteiger partial charge is 0.252 e. The molecule has 0 spiro atoms. The Labute approximate surface area is 150 Å². The summed E-state index contributed by atoms with van der Waals surface area (Å²) in [7, 11) is -2.25. The Kier molecular flexibility index (Phi) is 4.94. The number of rotatable bonds is 6. The van der Waals surface area contributed by atoms with Crippen LogP contribution in [0.25, 0.3) is 11.0 Å². The molecule has 1 atom stereocenters. The number of sulfonamides is 1. The standard InChI is InChI=1S/C17H18N2O4S2/c1-12(15-10-13-6-3-4-7-14(13)23-15)18-16(20)11-19(2)25(21,22)17-8-5-9-24-17/h3-10,12H,11H2,1-2H3,(H,18,20)/t12-/m0/s1. The van der Waals surface area contributed by atoms with Gasteiger partial charge in [0.2, 0.25) is 5.91 Å². The first-order valence-corrected chi connectivity index (χ1v) is 9.97. The van der Waals surface area contributed by atoms with Crippen LogP contribution in [-0.4, -0.2) is 32.2 Å². The lowest BCUT2D eigenvalue weighted by atomic mass is 10.2. The van der Waals surface area contributed by atoms with Gasteiger partial charge in [0.05, 0.1) is 12.6 Å². The van der Waals surface area contributed by atoms with Crippen LogP contribution in [0.2, 0.25) is 0 Å². The number of benzene rings is 1. The molecule has 0 aliphatic heterocycles. The van der Waals surface area contributed by atoms with Crippen molar-refractivity contribution < 1.29 is 17.6 Å². The van der Waals surface area contributed by atoms with Crippen molar-refractivity contribution in [1.29, 1.82) is 0 Å². The summed E-state index contributed by atoms with van der Waals surface area (Å²) in [6.07, 6.45) is 0. The lowest BCUT2D eigenvalue weighted by Gasteiger charge is -2.17. The summed E-state index contributed by atoms with van der Waals surface area (Å²) < 4.78 is 31.7. The summed E-state index contributed by atoms with van der Waals surface area (Å²) in [6, 6.07) is 12.3. The number of para-hydroxylation sites is 1. The van der Waals surface area contributed by atoms with Gasteiger partial charge in [-0.2, -0.15) is 4.31 Å². The van der Waals surface area contributed by atoms with Gasteiger partial charge in [-0.05, 0) is 30.5 Å². The summed E-state index contributed by atoms with van der Waals surface area (Å²) in [5.41, 5.74) is 0.746. The Bertz CT molecular complexity index is 944. The number of likely N-dealkylation sites (N-methyl/N-ethyl adjacent to an activating group) is 1. The number of nitrogens with one attached hydrogen (secondary N) is 1. The van der Waals surface area contributed by atoms with Crippen LogP contribution in [0, 0.1) is 0 Å². The van der Waals surface area contributed by atoms with Gasteiger partial charge < -0.3 is 9.73 Å². The first-order chi connectivity index (χ1) is 11.9. The molecule has 8 heteroatoms. The zero-order chi connectivity index (χ0) is 18.0. The van der Waals surface area contributed by atoms with Crippen molar-refractivity contribution in [2.45, 2.75) is 17.2 Å². The molecular weight excluding hydrogens is 360 g/mol. The number of hydrogen-bond donors (Lipinski definition) is 1. The van der Waals surface area contributed by atoms with E-state index in [9.17, 15) is 13.2 Å². The van der Waals surface area contributed by atoms with E-state index >= 15 is 0 Å². The fourth-order valence-corrected chi connectivity index (χ4v) is 4.75. The van der Waals surface area contributed by atoms with Crippen molar-refractivity contribution in [2.24, 2.45) is 0 Å². The molecule has 132 valence electrons. The first kappa shape index (κ1) is 17.7. The fraction of sp³-hybridized carbons (Fsp3) is 0.235. The van der Waals surface area contributed by atoms with Crippen LogP contribution in [0.3, 0.4) is 0 Å². The van der Waals surface area contributed by atoms with Crippen molar-refractivity contribution in [3.05, 3.63) is 53.6 Å². The Morgan fingerprint density at radius 3 is 2.72 bits per heavy atom. The number of furan rings is 1. The summed E-state index contributed by atoms with van der Waals surface area (Å²) >= 11 is 1.12. The summed E-state index contributed by atoms with van der Waals surface area (Å²) in [4.78, 5) is 12.2. The van der Waals surface area contributed by atoms with E-state index in [2.05, 4.69) is 5.32 Å². The van der Waals surface area contributed by atoms with Gasteiger partial charge in [-0.3, -0.25) is 4.79 Å². The number of hydrogen-bond acceptors (Lipinski definition) is 5. The maximum atomic E-state index is 12.3. The third kappa shape index (κ3) is 3.76. The van der Waals surface area contributed by atoms with E-state index in [1.807, 2.05) is 30.3 Å². The highest BCUT2D eigenvalue weighted by atomic mass is 32.2. The molecule has 0 aliphatic rings. The molecule has 0 saturated carbocycles. The molecule has 3 aromatic rings. The van der Waals surface area contributed by atoms with E-state index in [1.54, 1.807) is 18.4 Å². The van der Waals surface area contributed by atoms with Gasteiger partial charge >= 0.3 is 0 Å². The van der Waals surface area contributed by atoms with Crippen molar-refractivity contribution >= 4 is 38.2 Å². The van der Waals surface area contributed by atoms with Gasteiger partial charge in [0.25, 0.3) is 10.0 Å². The average Bonchev–Trinajstić information content (AvgIpc) is 3.24. The van der Waals surface area contributed by atoms with Crippen molar-refractivity contribution in [1.82, 2.24) is 9.62 Å². The molecule has 25 heavy (non-hydrogen) atoms. The topological polar surface area (TPSA) is 79.6 Å². The number of nitrogens with zero attached hydrogens (tertiary/aromatic N) is 1. The second-order valence-corrected chi connectivity index (χ2v) is 8.89. The first-order valence-electron chi connectivity index (χ1n) is 7.65.